The van der Waals surface area contributed by atoms with E-state index in [2.05, 4.69) is 25.6 Å². The monoisotopic (exact) mass is 364 g/mol. The zero-order chi connectivity index (χ0) is 18.7. The second-order valence-corrected chi connectivity index (χ2v) is 5.86. The van der Waals surface area contributed by atoms with Gasteiger partial charge in [-0.15, -0.1) is 0 Å². The second-order valence-electron chi connectivity index (χ2n) is 5.86. The number of para-hydroxylation sites is 1. The van der Waals surface area contributed by atoms with Crippen LogP contribution in [-0.4, -0.2) is 40.7 Å². The van der Waals surface area contributed by atoms with Crippen LogP contribution in [0.1, 0.15) is 12.0 Å². The van der Waals surface area contributed by atoms with E-state index in [1.54, 1.807) is 19.6 Å². The number of imidazole rings is 1. The van der Waals surface area contributed by atoms with Crippen LogP contribution in [0.5, 0.6) is 5.75 Å². The van der Waals surface area contributed by atoms with Gasteiger partial charge in [0.15, 0.2) is 5.96 Å². The Balaban J connectivity index is 1.36. The summed E-state index contributed by atoms with van der Waals surface area (Å²) < 4.78 is 7.55. The minimum Gasteiger partial charge on any atom is -0.494 e. The molecule has 2 heterocycles. The Bertz CT molecular complexity index is 815. The van der Waals surface area contributed by atoms with E-state index in [1.165, 1.54) is 0 Å². The summed E-state index contributed by atoms with van der Waals surface area (Å²) in [4.78, 5) is 12.7. The number of nitrogens with one attached hydrogen (secondary N) is 2. The van der Waals surface area contributed by atoms with Gasteiger partial charge in [-0.25, -0.2) is 9.97 Å². The van der Waals surface area contributed by atoms with Crippen molar-refractivity contribution in [3.63, 3.8) is 0 Å². The fourth-order valence-corrected chi connectivity index (χ4v) is 2.46. The lowest BCUT2D eigenvalue weighted by molar-refractivity contribution is 0.311. The lowest BCUT2D eigenvalue weighted by Gasteiger charge is -2.12. The van der Waals surface area contributed by atoms with Crippen LogP contribution in [0.15, 0.2) is 72.4 Å². The van der Waals surface area contributed by atoms with Gasteiger partial charge in [0.25, 0.3) is 0 Å². The molecular weight excluding hydrogens is 340 g/mol. The molecule has 1 aromatic carbocycles. The topological polar surface area (TPSA) is 76.4 Å². The first-order chi connectivity index (χ1) is 13.3. The molecule has 140 valence electrons. The molecule has 27 heavy (non-hydrogen) atoms. The first-order valence-electron chi connectivity index (χ1n) is 8.91. The van der Waals surface area contributed by atoms with Crippen molar-refractivity contribution in [1.29, 1.82) is 0 Å². The van der Waals surface area contributed by atoms with E-state index in [0.29, 0.717) is 13.2 Å². The molecule has 2 N–H and O–H groups in total. The van der Waals surface area contributed by atoms with Crippen LogP contribution >= 0.6 is 0 Å². The number of hydrogen-bond donors (Lipinski definition) is 2. The molecule has 7 heteroatoms. The van der Waals surface area contributed by atoms with Gasteiger partial charge >= 0.3 is 0 Å². The lowest BCUT2D eigenvalue weighted by atomic mass is 10.3. The standard InChI is InChI=1S/C20H24N6O/c1-21-20(23-10-5-13-27-18-6-3-2-4-7-18)25-15-17-8-9-19(24-14-17)26-12-11-22-16-26/h2-4,6-9,11-12,14,16H,5,10,13,15H2,1H3,(H2,21,23,25). The third-order valence-corrected chi connectivity index (χ3v) is 3.89. The minimum atomic E-state index is 0.650. The quantitative estimate of drug-likeness (QED) is 0.365. The molecule has 3 aromatic rings. The van der Waals surface area contributed by atoms with Gasteiger partial charge in [0.2, 0.25) is 0 Å². The van der Waals surface area contributed by atoms with Crippen molar-refractivity contribution in [2.45, 2.75) is 13.0 Å². The van der Waals surface area contributed by atoms with E-state index < -0.39 is 0 Å². The van der Waals surface area contributed by atoms with Gasteiger partial charge in [-0.2, -0.15) is 0 Å². The summed E-state index contributed by atoms with van der Waals surface area (Å²) in [5.41, 5.74) is 1.08. The van der Waals surface area contributed by atoms with Gasteiger partial charge in [0.1, 0.15) is 17.9 Å². The SMILES string of the molecule is CN=C(NCCCOc1ccccc1)NCc1ccc(-n2ccnc2)nc1. The summed E-state index contributed by atoms with van der Waals surface area (Å²) in [7, 11) is 1.76. The van der Waals surface area contributed by atoms with Crippen LogP contribution in [0.25, 0.3) is 5.82 Å². The van der Waals surface area contributed by atoms with Crippen molar-refractivity contribution in [3.05, 3.63) is 72.9 Å². The van der Waals surface area contributed by atoms with Crippen molar-refractivity contribution in [2.24, 2.45) is 4.99 Å². The molecule has 0 aliphatic rings. The molecule has 0 saturated heterocycles. The first kappa shape index (κ1) is 18.4. The normalized spacial score (nSPS) is 11.2. The number of ether oxygens (including phenoxy) is 1. The summed E-state index contributed by atoms with van der Waals surface area (Å²) in [6, 6.07) is 13.8. The van der Waals surface area contributed by atoms with Crippen LogP contribution in [0.3, 0.4) is 0 Å². The Morgan fingerprint density at radius 3 is 2.74 bits per heavy atom. The van der Waals surface area contributed by atoms with Crippen molar-refractivity contribution in [2.75, 3.05) is 20.2 Å². The average molecular weight is 364 g/mol. The largest absolute Gasteiger partial charge is 0.494 e. The van der Waals surface area contributed by atoms with E-state index in [-0.39, 0.29) is 0 Å². The molecule has 0 amide bonds. The molecular formula is C20H24N6O. The Hall–Kier alpha value is -3.35. The van der Waals surface area contributed by atoms with Gasteiger partial charge < -0.3 is 15.4 Å². The third-order valence-electron chi connectivity index (χ3n) is 3.89. The van der Waals surface area contributed by atoms with Crippen LogP contribution in [0, 0.1) is 0 Å². The summed E-state index contributed by atoms with van der Waals surface area (Å²) in [6.07, 6.45) is 8.07. The number of guanidine groups is 1. The molecule has 0 fully saturated rings. The van der Waals surface area contributed by atoms with Gasteiger partial charge in [-0.05, 0) is 30.2 Å². The fraction of sp³-hybridized carbons (Fsp3) is 0.250. The van der Waals surface area contributed by atoms with Crippen LogP contribution in [0.4, 0.5) is 0 Å². The second kappa shape index (κ2) is 9.96. The highest BCUT2D eigenvalue weighted by atomic mass is 16.5. The van der Waals surface area contributed by atoms with E-state index >= 15 is 0 Å². The number of nitrogens with zero attached hydrogens (tertiary/aromatic N) is 4. The Morgan fingerprint density at radius 1 is 1.15 bits per heavy atom. The molecule has 0 spiro atoms. The zero-order valence-electron chi connectivity index (χ0n) is 15.4. The summed E-state index contributed by atoms with van der Waals surface area (Å²) in [6.45, 7) is 2.09. The van der Waals surface area contributed by atoms with E-state index in [0.717, 1.165) is 36.1 Å². The van der Waals surface area contributed by atoms with Crippen molar-refractivity contribution in [1.82, 2.24) is 25.2 Å². The number of rotatable bonds is 8. The maximum atomic E-state index is 5.68. The highest BCUT2D eigenvalue weighted by Crippen LogP contribution is 2.08. The van der Waals surface area contributed by atoms with Crippen LogP contribution in [-0.2, 0) is 6.54 Å². The molecule has 0 saturated carbocycles. The van der Waals surface area contributed by atoms with Crippen molar-refractivity contribution in [3.8, 4) is 11.6 Å². The maximum absolute atomic E-state index is 5.68. The zero-order valence-corrected chi connectivity index (χ0v) is 15.4. The molecule has 2 aromatic heterocycles. The Morgan fingerprint density at radius 2 is 2.04 bits per heavy atom. The predicted molar refractivity (Wildman–Crippen MR) is 106 cm³/mol. The van der Waals surface area contributed by atoms with Crippen LogP contribution < -0.4 is 15.4 Å². The van der Waals surface area contributed by atoms with E-state index in [9.17, 15) is 0 Å². The number of hydrogen-bond acceptors (Lipinski definition) is 4. The molecule has 0 unspecified atom stereocenters. The number of benzene rings is 1. The van der Waals surface area contributed by atoms with Crippen LogP contribution in [0.2, 0.25) is 0 Å². The Labute approximate surface area is 159 Å². The predicted octanol–water partition coefficient (Wildman–Crippen LogP) is 2.40. The summed E-state index contributed by atoms with van der Waals surface area (Å²) in [5, 5.41) is 6.57. The molecule has 3 rings (SSSR count). The van der Waals surface area contributed by atoms with Gasteiger partial charge in [-0.1, -0.05) is 24.3 Å². The van der Waals surface area contributed by atoms with Gasteiger partial charge in [0.05, 0.1) is 6.61 Å². The molecule has 0 aliphatic heterocycles. The van der Waals surface area contributed by atoms with Crippen molar-refractivity contribution >= 4 is 5.96 Å². The lowest BCUT2D eigenvalue weighted by Crippen LogP contribution is -2.37. The van der Waals surface area contributed by atoms with E-state index in [4.69, 9.17) is 4.74 Å². The smallest absolute Gasteiger partial charge is 0.191 e. The fourth-order valence-electron chi connectivity index (χ4n) is 2.46. The highest BCUT2D eigenvalue weighted by Gasteiger charge is 2.01. The van der Waals surface area contributed by atoms with Gasteiger partial charge in [0, 0.05) is 38.7 Å². The molecule has 0 radical (unpaired) electrons. The van der Waals surface area contributed by atoms with E-state index in [1.807, 2.05) is 59.4 Å². The number of aliphatic imine (C=N–C) groups is 1. The summed E-state index contributed by atoms with van der Waals surface area (Å²) in [5.74, 6) is 2.50. The third kappa shape index (κ3) is 5.85. The van der Waals surface area contributed by atoms with Gasteiger partial charge in [-0.3, -0.25) is 9.56 Å². The molecule has 0 aliphatic carbocycles. The highest BCUT2D eigenvalue weighted by molar-refractivity contribution is 5.79. The number of aromatic nitrogens is 3. The van der Waals surface area contributed by atoms with Crippen molar-refractivity contribution < 1.29 is 4.74 Å². The molecule has 0 atom stereocenters. The first-order valence-corrected chi connectivity index (χ1v) is 8.91. The molecule has 0 bridgehead atoms. The maximum Gasteiger partial charge on any atom is 0.191 e. The number of pyridine rings is 1. The molecule has 7 nitrogen and oxygen atoms in total. The minimum absolute atomic E-state index is 0.650. The Kier molecular flexibility index (Phi) is 6.80. The average Bonchev–Trinajstić information content (AvgIpc) is 3.26. The summed E-state index contributed by atoms with van der Waals surface area (Å²) >= 11 is 0.